The monoisotopic (exact) mass is 310 g/mol. The molecule has 0 heterocycles. The molecule has 0 radical (unpaired) electrons. The van der Waals surface area contributed by atoms with Crippen LogP contribution in [0.15, 0.2) is 0 Å². The van der Waals surface area contributed by atoms with Gasteiger partial charge in [0.05, 0.1) is 11.0 Å². The van der Waals surface area contributed by atoms with Crippen molar-refractivity contribution in [1.29, 1.82) is 0 Å². The molecule has 120 valence electrons. The number of hydrogen-bond donors (Lipinski definition) is 2. The van der Waals surface area contributed by atoms with Crippen LogP contribution >= 0.6 is 12.2 Å². The zero-order valence-electron chi connectivity index (χ0n) is 13.1. The molecule has 0 aliphatic heterocycles. The summed E-state index contributed by atoms with van der Waals surface area (Å²) in [4.78, 5) is 12.7. The molecule has 1 atom stereocenters. The van der Waals surface area contributed by atoms with Crippen molar-refractivity contribution in [3.8, 4) is 0 Å². The second kappa shape index (κ2) is 8.72. The van der Waals surface area contributed by atoms with Crippen LogP contribution in [0.25, 0.3) is 0 Å². The zero-order chi connectivity index (χ0) is 15.1. The molecule has 0 aromatic heterocycles. The molecule has 0 aromatic rings. The molecule has 2 fully saturated rings. The first-order valence-electron chi connectivity index (χ1n) is 8.75. The van der Waals surface area contributed by atoms with Crippen molar-refractivity contribution in [3.05, 3.63) is 0 Å². The average Bonchev–Trinajstić information content (AvgIpc) is 2.52. The smallest absolute Gasteiger partial charge is 0.220 e. The molecule has 21 heavy (non-hydrogen) atoms. The molecule has 3 N–H and O–H groups in total. The molecule has 0 aromatic carbocycles. The quantitative estimate of drug-likeness (QED) is 0.736. The van der Waals surface area contributed by atoms with E-state index in [4.69, 9.17) is 18.0 Å². The predicted molar refractivity (Wildman–Crippen MR) is 91.1 cm³/mol. The van der Waals surface area contributed by atoms with E-state index in [2.05, 4.69) is 5.32 Å². The molecule has 3 nitrogen and oxygen atoms in total. The summed E-state index contributed by atoms with van der Waals surface area (Å²) in [7, 11) is 0. The van der Waals surface area contributed by atoms with E-state index in [1.807, 2.05) is 0 Å². The standard InChI is InChI=1S/C17H30N2OS/c18-17(21)16(14-9-5-2-6-10-14)19-15(20)12-11-13-7-3-1-4-8-13/h13-14,16H,1-12H2,(H2,18,21)(H,19,20). The Labute approximate surface area is 134 Å². The fourth-order valence-corrected chi connectivity index (χ4v) is 4.20. The van der Waals surface area contributed by atoms with Crippen LogP contribution in [0.2, 0.25) is 0 Å². The summed E-state index contributed by atoms with van der Waals surface area (Å²) in [5.41, 5.74) is 5.87. The van der Waals surface area contributed by atoms with Gasteiger partial charge in [0, 0.05) is 6.42 Å². The van der Waals surface area contributed by atoms with E-state index in [0.29, 0.717) is 17.3 Å². The molecule has 2 aliphatic rings. The first-order chi connectivity index (χ1) is 10.2. The van der Waals surface area contributed by atoms with Crippen LogP contribution in [0.3, 0.4) is 0 Å². The first kappa shape index (κ1) is 16.7. The van der Waals surface area contributed by atoms with Gasteiger partial charge in [-0.2, -0.15) is 0 Å². The van der Waals surface area contributed by atoms with Crippen molar-refractivity contribution >= 4 is 23.1 Å². The lowest BCUT2D eigenvalue weighted by molar-refractivity contribution is -0.122. The van der Waals surface area contributed by atoms with Gasteiger partial charge in [-0.25, -0.2) is 0 Å². The maximum Gasteiger partial charge on any atom is 0.220 e. The highest BCUT2D eigenvalue weighted by Gasteiger charge is 2.27. The van der Waals surface area contributed by atoms with Gasteiger partial charge in [-0.1, -0.05) is 63.6 Å². The molecule has 2 aliphatic carbocycles. The molecule has 0 bridgehead atoms. The predicted octanol–water partition coefficient (Wildman–Crippen LogP) is 3.70. The molecule has 0 spiro atoms. The second-order valence-electron chi connectivity index (χ2n) is 6.89. The number of nitrogens with two attached hydrogens (primary N) is 1. The number of amides is 1. The van der Waals surface area contributed by atoms with Crippen molar-refractivity contribution in [2.75, 3.05) is 0 Å². The third-order valence-corrected chi connectivity index (χ3v) is 5.50. The van der Waals surface area contributed by atoms with Gasteiger partial charge in [-0.15, -0.1) is 0 Å². The summed E-state index contributed by atoms with van der Waals surface area (Å²) >= 11 is 5.19. The van der Waals surface area contributed by atoms with Crippen LogP contribution in [0.4, 0.5) is 0 Å². The fraction of sp³-hybridized carbons (Fsp3) is 0.882. The topological polar surface area (TPSA) is 55.1 Å². The van der Waals surface area contributed by atoms with Gasteiger partial charge in [0.1, 0.15) is 0 Å². The van der Waals surface area contributed by atoms with E-state index in [1.165, 1.54) is 51.4 Å². The Balaban J connectivity index is 1.76. The highest BCUT2D eigenvalue weighted by molar-refractivity contribution is 7.80. The second-order valence-corrected chi connectivity index (χ2v) is 7.36. The Morgan fingerprint density at radius 1 is 1.05 bits per heavy atom. The van der Waals surface area contributed by atoms with E-state index in [1.54, 1.807) is 0 Å². The molecule has 4 heteroatoms. The maximum atomic E-state index is 12.2. The van der Waals surface area contributed by atoms with Crippen LogP contribution in [0.1, 0.15) is 77.0 Å². The van der Waals surface area contributed by atoms with Crippen molar-refractivity contribution in [2.45, 2.75) is 83.1 Å². The Bertz CT molecular complexity index is 347. The highest BCUT2D eigenvalue weighted by Crippen LogP contribution is 2.28. The van der Waals surface area contributed by atoms with E-state index in [-0.39, 0.29) is 11.9 Å². The third kappa shape index (κ3) is 5.57. The Kier molecular flexibility index (Phi) is 6.94. The number of nitrogens with one attached hydrogen (secondary N) is 1. The van der Waals surface area contributed by atoms with E-state index in [9.17, 15) is 4.79 Å². The number of carbonyl (C=O) groups excluding carboxylic acids is 1. The maximum absolute atomic E-state index is 12.2. The van der Waals surface area contributed by atoms with Crippen LogP contribution in [-0.2, 0) is 4.79 Å². The largest absolute Gasteiger partial charge is 0.392 e. The van der Waals surface area contributed by atoms with Crippen LogP contribution in [-0.4, -0.2) is 16.9 Å². The normalized spacial score (nSPS) is 22.7. The minimum absolute atomic E-state index is 0.0841. The summed E-state index contributed by atoms with van der Waals surface area (Å²) in [6.07, 6.45) is 14.4. The minimum atomic E-state index is -0.0841. The molecule has 0 saturated heterocycles. The summed E-state index contributed by atoms with van der Waals surface area (Å²) in [5, 5.41) is 3.12. The SMILES string of the molecule is NC(=S)C(NC(=O)CCC1CCCCC1)C1CCCCC1. The third-order valence-electron chi connectivity index (χ3n) is 5.25. The summed E-state index contributed by atoms with van der Waals surface area (Å²) < 4.78 is 0. The van der Waals surface area contributed by atoms with Crippen molar-refractivity contribution in [2.24, 2.45) is 17.6 Å². The van der Waals surface area contributed by atoms with Gasteiger partial charge in [0.25, 0.3) is 0 Å². The molecule has 2 saturated carbocycles. The van der Waals surface area contributed by atoms with Crippen LogP contribution in [0, 0.1) is 11.8 Å². The lowest BCUT2D eigenvalue weighted by Gasteiger charge is -2.30. The fourth-order valence-electron chi connectivity index (χ4n) is 3.95. The lowest BCUT2D eigenvalue weighted by atomic mass is 9.83. The summed E-state index contributed by atoms with van der Waals surface area (Å²) in [6, 6.07) is -0.0841. The van der Waals surface area contributed by atoms with Crippen LogP contribution < -0.4 is 11.1 Å². The van der Waals surface area contributed by atoms with Crippen molar-refractivity contribution in [3.63, 3.8) is 0 Å². The van der Waals surface area contributed by atoms with Gasteiger partial charge in [-0.05, 0) is 31.1 Å². The number of rotatable bonds is 6. The van der Waals surface area contributed by atoms with Gasteiger partial charge in [0.15, 0.2) is 0 Å². The van der Waals surface area contributed by atoms with E-state index >= 15 is 0 Å². The highest BCUT2D eigenvalue weighted by atomic mass is 32.1. The molecule has 2 rings (SSSR count). The van der Waals surface area contributed by atoms with Gasteiger partial charge >= 0.3 is 0 Å². The molecule has 1 amide bonds. The minimum Gasteiger partial charge on any atom is -0.392 e. The van der Waals surface area contributed by atoms with Gasteiger partial charge in [0.2, 0.25) is 5.91 Å². The molecular formula is C17H30N2OS. The van der Waals surface area contributed by atoms with Crippen molar-refractivity contribution < 1.29 is 4.79 Å². The van der Waals surface area contributed by atoms with Crippen molar-refractivity contribution in [1.82, 2.24) is 5.32 Å². The molecular weight excluding hydrogens is 280 g/mol. The lowest BCUT2D eigenvalue weighted by Crippen LogP contribution is -2.48. The summed E-state index contributed by atoms with van der Waals surface area (Å²) in [6.45, 7) is 0. The van der Waals surface area contributed by atoms with E-state index < -0.39 is 0 Å². The first-order valence-corrected chi connectivity index (χ1v) is 9.16. The van der Waals surface area contributed by atoms with Gasteiger partial charge < -0.3 is 11.1 Å². The number of hydrogen-bond acceptors (Lipinski definition) is 2. The summed E-state index contributed by atoms with van der Waals surface area (Å²) in [5.74, 6) is 1.35. The van der Waals surface area contributed by atoms with Crippen LogP contribution in [0.5, 0.6) is 0 Å². The number of carbonyl (C=O) groups is 1. The molecule has 1 unspecified atom stereocenters. The zero-order valence-corrected chi connectivity index (χ0v) is 13.9. The average molecular weight is 311 g/mol. The van der Waals surface area contributed by atoms with E-state index in [0.717, 1.165) is 25.2 Å². The number of thiocarbonyl (C=S) groups is 1. The van der Waals surface area contributed by atoms with Gasteiger partial charge in [-0.3, -0.25) is 4.79 Å². The Morgan fingerprint density at radius 3 is 2.19 bits per heavy atom. The Hall–Kier alpha value is -0.640. The Morgan fingerprint density at radius 2 is 1.62 bits per heavy atom.